The smallest absolute Gasteiger partial charge is 0.150 e. The molecule has 0 fully saturated rings. The number of carbonyl (C=O) groups excluding carboxylic acids is 1. The molecule has 2 heterocycles. The van der Waals surface area contributed by atoms with Gasteiger partial charge >= 0.3 is 0 Å². The Labute approximate surface area is 178 Å². The van der Waals surface area contributed by atoms with Crippen molar-refractivity contribution in [1.82, 2.24) is 15.3 Å². The van der Waals surface area contributed by atoms with Gasteiger partial charge in [-0.1, -0.05) is 12.1 Å². The first-order valence-electron chi connectivity index (χ1n) is 9.71. The first kappa shape index (κ1) is 22.9. The summed E-state index contributed by atoms with van der Waals surface area (Å²) in [5.41, 5.74) is 13.5. The summed E-state index contributed by atoms with van der Waals surface area (Å²) in [7, 11) is 1.93. The van der Waals surface area contributed by atoms with Crippen molar-refractivity contribution in [2.24, 2.45) is 4.99 Å². The number of benzene rings is 1. The van der Waals surface area contributed by atoms with Gasteiger partial charge in [0.2, 0.25) is 0 Å². The summed E-state index contributed by atoms with van der Waals surface area (Å²) in [5, 5.41) is 3.10. The van der Waals surface area contributed by atoms with Gasteiger partial charge in [0.1, 0.15) is 12.1 Å². The summed E-state index contributed by atoms with van der Waals surface area (Å²) in [6.45, 7) is 10.3. The number of pyridine rings is 2. The van der Waals surface area contributed by atoms with Crippen molar-refractivity contribution in [1.29, 1.82) is 0 Å². The Hall–Kier alpha value is -3.38. The summed E-state index contributed by atoms with van der Waals surface area (Å²) in [6.07, 6.45) is 1.56. The third kappa shape index (κ3) is 6.60. The monoisotopic (exact) mass is 403 g/mol. The van der Waals surface area contributed by atoms with E-state index in [4.69, 9.17) is 5.73 Å². The number of aldehydes is 1. The van der Waals surface area contributed by atoms with Gasteiger partial charge in [0.05, 0.1) is 5.69 Å². The number of hydrogen-bond donors (Lipinski definition) is 2. The molecule has 0 radical (unpaired) electrons. The highest BCUT2D eigenvalue weighted by Gasteiger charge is 2.03. The molecular formula is C24H29N5O. The van der Waals surface area contributed by atoms with E-state index in [1.165, 1.54) is 11.1 Å². The molecule has 1 aromatic carbocycles. The van der Waals surface area contributed by atoms with E-state index in [0.29, 0.717) is 17.8 Å². The lowest BCUT2D eigenvalue weighted by Gasteiger charge is -2.08. The molecule has 0 saturated heterocycles. The Bertz CT molecular complexity index is 990. The quantitative estimate of drug-likeness (QED) is 0.477. The van der Waals surface area contributed by atoms with Crippen molar-refractivity contribution in [3.05, 3.63) is 81.8 Å². The van der Waals surface area contributed by atoms with Crippen molar-refractivity contribution in [2.75, 3.05) is 12.8 Å². The fourth-order valence-corrected chi connectivity index (χ4v) is 3.19. The highest BCUT2D eigenvalue weighted by atomic mass is 16.1. The van der Waals surface area contributed by atoms with Gasteiger partial charge in [0.25, 0.3) is 0 Å². The first-order chi connectivity index (χ1) is 14.4. The van der Waals surface area contributed by atoms with Crippen molar-refractivity contribution in [3.63, 3.8) is 0 Å². The Morgan fingerprint density at radius 3 is 2.37 bits per heavy atom. The number of rotatable bonds is 6. The molecule has 0 atom stereocenters. The van der Waals surface area contributed by atoms with E-state index in [0.717, 1.165) is 41.2 Å². The zero-order valence-electron chi connectivity index (χ0n) is 18.1. The van der Waals surface area contributed by atoms with Gasteiger partial charge in [-0.25, -0.2) is 4.98 Å². The summed E-state index contributed by atoms with van der Waals surface area (Å²) < 4.78 is 0. The molecule has 0 aliphatic heterocycles. The third-order valence-corrected chi connectivity index (χ3v) is 4.60. The maximum atomic E-state index is 10.8. The van der Waals surface area contributed by atoms with Crippen LogP contribution in [0.1, 0.15) is 44.1 Å². The fourth-order valence-electron chi connectivity index (χ4n) is 3.19. The van der Waals surface area contributed by atoms with Crippen LogP contribution in [0.5, 0.6) is 0 Å². The van der Waals surface area contributed by atoms with Crippen molar-refractivity contribution in [2.45, 2.75) is 33.7 Å². The number of nitrogen functional groups attached to an aromatic ring is 1. The average Bonchev–Trinajstić information content (AvgIpc) is 2.71. The van der Waals surface area contributed by atoms with Gasteiger partial charge in [-0.3, -0.25) is 14.8 Å². The summed E-state index contributed by atoms with van der Waals surface area (Å²) in [6, 6.07) is 13.3. The predicted octanol–water partition coefficient (Wildman–Crippen LogP) is 4.13. The molecule has 6 heteroatoms. The van der Waals surface area contributed by atoms with Gasteiger partial charge in [0, 0.05) is 35.6 Å². The van der Waals surface area contributed by atoms with Crippen LogP contribution in [0.4, 0.5) is 11.5 Å². The van der Waals surface area contributed by atoms with Crippen molar-refractivity contribution >= 4 is 24.5 Å². The minimum atomic E-state index is 0.602. The topological polar surface area (TPSA) is 93.3 Å². The largest absolute Gasteiger partial charge is 0.384 e. The lowest BCUT2D eigenvalue weighted by molar-refractivity contribution is 0.112. The second-order valence-corrected chi connectivity index (χ2v) is 7.11. The number of anilines is 1. The SMILES string of the molecule is C=Nc1ccc(Cc2cc(C=O)cc(C)n2)cc1.CNCc1c(C)cc(N)nc1C. The second kappa shape index (κ2) is 11.0. The summed E-state index contributed by atoms with van der Waals surface area (Å²) >= 11 is 0. The Morgan fingerprint density at radius 2 is 1.80 bits per heavy atom. The summed E-state index contributed by atoms with van der Waals surface area (Å²) in [4.78, 5) is 23.3. The maximum absolute atomic E-state index is 10.8. The molecule has 0 aliphatic rings. The molecule has 3 rings (SSSR count). The Morgan fingerprint density at radius 1 is 1.10 bits per heavy atom. The van der Waals surface area contributed by atoms with Gasteiger partial charge < -0.3 is 11.1 Å². The van der Waals surface area contributed by atoms with Crippen LogP contribution in [0, 0.1) is 20.8 Å². The maximum Gasteiger partial charge on any atom is 0.150 e. The van der Waals surface area contributed by atoms with Crippen LogP contribution in [0.25, 0.3) is 0 Å². The van der Waals surface area contributed by atoms with Crippen molar-refractivity contribution < 1.29 is 4.79 Å². The minimum Gasteiger partial charge on any atom is -0.384 e. The van der Waals surface area contributed by atoms with Crippen LogP contribution >= 0.6 is 0 Å². The van der Waals surface area contributed by atoms with E-state index >= 15 is 0 Å². The molecule has 0 unspecified atom stereocenters. The first-order valence-corrected chi connectivity index (χ1v) is 9.71. The molecular weight excluding hydrogens is 374 g/mol. The van der Waals surface area contributed by atoms with Crippen LogP contribution < -0.4 is 11.1 Å². The molecule has 3 N–H and O–H groups in total. The van der Waals surface area contributed by atoms with Crippen LogP contribution in [0.3, 0.4) is 0 Å². The third-order valence-electron chi connectivity index (χ3n) is 4.60. The standard InChI is InChI=1S/C15H14N2O.C9H15N3/c1-11-7-13(10-18)9-15(17-11)8-12-3-5-14(16-2)6-4-12;1-6-4-9(10)12-7(2)8(6)5-11-3/h3-7,9-10H,2,8H2,1H3;4,11H,5H2,1-3H3,(H2,10,12). The van der Waals surface area contributed by atoms with E-state index < -0.39 is 0 Å². The molecule has 0 aliphatic carbocycles. The molecule has 2 aromatic heterocycles. The molecule has 0 amide bonds. The van der Waals surface area contributed by atoms with Crippen molar-refractivity contribution in [3.8, 4) is 0 Å². The van der Waals surface area contributed by atoms with Gasteiger partial charge in [-0.2, -0.15) is 0 Å². The van der Waals surface area contributed by atoms with E-state index in [1.54, 1.807) is 6.07 Å². The zero-order valence-corrected chi connectivity index (χ0v) is 18.1. The zero-order chi connectivity index (χ0) is 22.1. The van der Waals surface area contributed by atoms with Gasteiger partial charge in [-0.15, -0.1) is 0 Å². The molecule has 3 aromatic rings. The average molecular weight is 404 g/mol. The van der Waals surface area contributed by atoms with E-state index in [1.807, 2.05) is 57.3 Å². The number of carbonyl (C=O) groups is 1. The Kier molecular flexibility index (Phi) is 8.38. The second-order valence-electron chi connectivity index (χ2n) is 7.11. The molecule has 156 valence electrons. The normalized spacial score (nSPS) is 10.1. The van der Waals surface area contributed by atoms with Crippen LogP contribution in [-0.4, -0.2) is 30.0 Å². The Balaban J connectivity index is 0.000000232. The molecule has 6 nitrogen and oxygen atoms in total. The number of aryl methyl sites for hydroxylation is 3. The summed E-state index contributed by atoms with van der Waals surface area (Å²) in [5.74, 6) is 0.602. The molecule has 0 spiro atoms. The highest BCUT2D eigenvalue weighted by molar-refractivity contribution is 5.75. The highest BCUT2D eigenvalue weighted by Crippen LogP contribution is 2.15. The fraction of sp³-hybridized carbons (Fsp3) is 0.250. The minimum absolute atomic E-state index is 0.602. The lowest BCUT2D eigenvalue weighted by atomic mass is 10.1. The van der Waals surface area contributed by atoms with Crippen LogP contribution in [0.15, 0.2) is 47.5 Å². The number of hydrogen-bond acceptors (Lipinski definition) is 6. The van der Waals surface area contributed by atoms with Crippen LogP contribution in [-0.2, 0) is 13.0 Å². The lowest BCUT2D eigenvalue weighted by Crippen LogP contribution is -2.10. The van der Waals surface area contributed by atoms with Gasteiger partial charge in [0.15, 0.2) is 0 Å². The molecule has 0 bridgehead atoms. The number of nitrogens with one attached hydrogen (secondary N) is 1. The number of nitrogens with zero attached hydrogens (tertiary/aromatic N) is 3. The van der Waals surface area contributed by atoms with E-state index in [-0.39, 0.29) is 0 Å². The number of aliphatic imine (C=N–C) groups is 1. The molecule has 30 heavy (non-hydrogen) atoms. The number of aromatic nitrogens is 2. The van der Waals surface area contributed by atoms with Crippen LogP contribution in [0.2, 0.25) is 0 Å². The van der Waals surface area contributed by atoms with E-state index in [2.05, 4.69) is 33.9 Å². The predicted molar refractivity (Wildman–Crippen MR) is 124 cm³/mol. The van der Waals surface area contributed by atoms with E-state index in [9.17, 15) is 4.79 Å². The molecule has 0 saturated carbocycles. The van der Waals surface area contributed by atoms with Gasteiger partial charge in [-0.05, 0) is 81.6 Å². The number of nitrogens with two attached hydrogens (primary N) is 1.